The second-order valence-electron chi connectivity index (χ2n) is 6.04. The summed E-state index contributed by atoms with van der Waals surface area (Å²) in [7, 11) is -0.328. The van der Waals surface area contributed by atoms with Crippen molar-refractivity contribution in [1.29, 1.82) is 0 Å². The van der Waals surface area contributed by atoms with E-state index in [0.717, 1.165) is 23.4 Å². The first kappa shape index (κ1) is 14.3. The second kappa shape index (κ2) is 4.80. The predicted molar refractivity (Wildman–Crippen MR) is 78.9 cm³/mol. The van der Waals surface area contributed by atoms with Crippen molar-refractivity contribution in [2.24, 2.45) is 0 Å². The van der Waals surface area contributed by atoms with Crippen molar-refractivity contribution in [3.63, 3.8) is 0 Å². The van der Waals surface area contributed by atoms with Crippen LogP contribution >= 0.6 is 0 Å². The van der Waals surface area contributed by atoms with Crippen LogP contribution in [0.25, 0.3) is 0 Å². The van der Waals surface area contributed by atoms with Crippen molar-refractivity contribution in [2.45, 2.75) is 52.7 Å². The van der Waals surface area contributed by atoms with Crippen molar-refractivity contribution in [3.8, 4) is 0 Å². The molecule has 0 unspecified atom stereocenters. The van der Waals surface area contributed by atoms with Crippen molar-refractivity contribution < 1.29 is 9.31 Å². The van der Waals surface area contributed by atoms with Gasteiger partial charge in [-0.3, -0.25) is 0 Å². The number of nitrogens with zero attached hydrogens (tertiary/aromatic N) is 1. The predicted octanol–water partition coefficient (Wildman–Crippen LogP) is 2.12. The standard InChI is InChI=1S/C14H23BN2O2/c1-7-16-12-8-11(10(2)9-17-12)15-18-13(3,4)14(5,6)19-15/h8-9H,7H2,1-6H3,(H,16,17). The second-order valence-corrected chi connectivity index (χ2v) is 6.04. The summed E-state index contributed by atoms with van der Waals surface area (Å²) in [5.74, 6) is 0.859. The Kier molecular flexibility index (Phi) is 3.62. The third kappa shape index (κ3) is 2.62. The van der Waals surface area contributed by atoms with Gasteiger partial charge in [0.25, 0.3) is 0 Å². The highest BCUT2D eigenvalue weighted by atomic mass is 16.7. The molecule has 4 nitrogen and oxygen atoms in total. The lowest BCUT2D eigenvalue weighted by Gasteiger charge is -2.32. The molecule has 0 atom stereocenters. The smallest absolute Gasteiger partial charge is 0.399 e. The molecule has 0 amide bonds. The van der Waals surface area contributed by atoms with Gasteiger partial charge < -0.3 is 14.6 Å². The first-order valence-electron chi connectivity index (χ1n) is 6.83. The fourth-order valence-corrected chi connectivity index (χ4v) is 2.04. The topological polar surface area (TPSA) is 43.4 Å². The van der Waals surface area contributed by atoms with Crippen molar-refractivity contribution in [3.05, 3.63) is 17.8 Å². The molecule has 0 saturated carbocycles. The van der Waals surface area contributed by atoms with Gasteiger partial charge in [0.05, 0.1) is 11.2 Å². The van der Waals surface area contributed by atoms with E-state index in [2.05, 4.69) is 44.9 Å². The normalized spacial score (nSPS) is 20.6. The van der Waals surface area contributed by atoms with Gasteiger partial charge in [0, 0.05) is 12.7 Å². The minimum absolute atomic E-state index is 0.314. The number of anilines is 1. The molecule has 0 bridgehead atoms. The Morgan fingerprint density at radius 1 is 1.21 bits per heavy atom. The summed E-state index contributed by atoms with van der Waals surface area (Å²) >= 11 is 0. The monoisotopic (exact) mass is 262 g/mol. The molecule has 5 heteroatoms. The van der Waals surface area contributed by atoms with Gasteiger partial charge in [-0.1, -0.05) is 0 Å². The largest absolute Gasteiger partial charge is 0.495 e. The summed E-state index contributed by atoms with van der Waals surface area (Å²) < 4.78 is 12.2. The highest BCUT2D eigenvalue weighted by Gasteiger charge is 2.52. The number of nitrogens with one attached hydrogen (secondary N) is 1. The molecule has 1 aliphatic heterocycles. The zero-order valence-electron chi connectivity index (χ0n) is 12.7. The molecule has 1 aromatic rings. The van der Waals surface area contributed by atoms with Crippen LogP contribution in [-0.4, -0.2) is 29.8 Å². The van der Waals surface area contributed by atoms with Crippen molar-refractivity contribution in [2.75, 3.05) is 11.9 Å². The maximum Gasteiger partial charge on any atom is 0.495 e. The minimum Gasteiger partial charge on any atom is -0.399 e. The summed E-state index contributed by atoms with van der Waals surface area (Å²) in [6, 6.07) is 2.01. The molecular weight excluding hydrogens is 239 g/mol. The Morgan fingerprint density at radius 2 is 1.79 bits per heavy atom. The molecule has 1 saturated heterocycles. The first-order chi connectivity index (χ1) is 8.77. The molecule has 2 rings (SSSR count). The molecule has 0 aromatic carbocycles. The SMILES string of the molecule is CCNc1cc(B2OC(C)(C)C(C)(C)O2)c(C)cn1. The lowest BCUT2D eigenvalue weighted by Crippen LogP contribution is -2.41. The van der Waals surface area contributed by atoms with Gasteiger partial charge >= 0.3 is 7.12 Å². The van der Waals surface area contributed by atoms with Gasteiger partial charge in [0.2, 0.25) is 0 Å². The van der Waals surface area contributed by atoms with Crippen LogP contribution in [0.4, 0.5) is 5.82 Å². The van der Waals surface area contributed by atoms with Crippen LogP contribution < -0.4 is 10.8 Å². The number of hydrogen-bond donors (Lipinski definition) is 1. The average Bonchev–Trinajstić information content (AvgIpc) is 2.51. The van der Waals surface area contributed by atoms with Crippen molar-refractivity contribution in [1.82, 2.24) is 4.98 Å². The van der Waals surface area contributed by atoms with Gasteiger partial charge in [0.1, 0.15) is 5.82 Å². The van der Waals surface area contributed by atoms with Crippen LogP contribution in [0.1, 0.15) is 40.2 Å². The summed E-state index contributed by atoms with van der Waals surface area (Å²) in [6.45, 7) is 13.2. The molecular formula is C14H23BN2O2. The van der Waals surface area contributed by atoms with Gasteiger partial charge in [-0.05, 0) is 58.6 Å². The molecule has 1 N–H and O–H groups in total. The summed E-state index contributed by atoms with van der Waals surface area (Å²) in [5, 5.41) is 3.22. The Bertz CT molecular complexity index is 459. The van der Waals surface area contributed by atoms with E-state index in [-0.39, 0.29) is 18.3 Å². The highest BCUT2D eigenvalue weighted by molar-refractivity contribution is 6.62. The van der Waals surface area contributed by atoms with Crippen molar-refractivity contribution >= 4 is 18.4 Å². The van der Waals surface area contributed by atoms with E-state index >= 15 is 0 Å². The molecule has 104 valence electrons. The fraction of sp³-hybridized carbons (Fsp3) is 0.643. The number of pyridine rings is 1. The van der Waals surface area contributed by atoms with Gasteiger partial charge in [0.15, 0.2) is 0 Å². The van der Waals surface area contributed by atoms with E-state index < -0.39 is 0 Å². The maximum atomic E-state index is 6.09. The number of aryl methyl sites for hydroxylation is 1. The molecule has 1 fully saturated rings. The third-order valence-corrected chi connectivity index (χ3v) is 4.01. The number of rotatable bonds is 3. The lowest BCUT2D eigenvalue weighted by atomic mass is 9.77. The molecule has 0 spiro atoms. The van der Waals surface area contributed by atoms with Gasteiger partial charge in [-0.15, -0.1) is 0 Å². The quantitative estimate of drug-likeness (QED) is 0.847. The Morgan fingerprint density at radius 3 is 2.32 bits per heavy atom. The third-order valence-electron chi connectivity index (χ3n) is 4.01. The number of hydrogen-bond acceptors (Lipinski definition) is 4. The Balaban J connectivity index is 2.31. The van der Waals surface area contributed by atoms with E-state index in [1.165, 1.54) is 0 Å². The average molecular weight is 262 g/mol. The van der Waals surface area contributed by atoms with E-state index in [1.54, 1.807) is 0 Å². The van der Waals surface area contributed by atoms with Crippen LogP contribution in [0, 0.1) is 6.92 Å². The van der Waals surface area contributed by atoms with Crippen LogP contribution in [0.5, 0.6) is 0 Å². The summed E-state index contributed by atoms with van der Waals surface area (Å²) in [5.41, 5.74) is 1.50. The fourth-order valence-electron chi connectivity index (χ4n) is 2.04. The van der Waals surface area contributed by atoms with Gasteiger partial charge in [-0.2, -0.15) is 0 Å². The number of aromatic nitrogens is 1. The van der Waals surface area contributed by atoms with Gasteiger partial charge in [-0.25, -0.2) is 4.98 Å². The highest BCUT2D eigenvalue weighted by Crippen LogP contribution is 2.36. The van der Waals surface area contributed by atoms with E-state index in [0.29, 0.717) is 0 Å². The Hall–Kier alpha value is -1.07. The summed E-state index contributed by atoms with van der Waals surface area (Å²) in [4.78, 5) is 4.35. The zero-order valence-corrected chi connectivity index (χ0v) is 12.7. The molecule has 2 heterocycles. The van der Waals surface area contributed by atoms with Crippen LogP contribution in [-0.2, 0) is 9.31 Å². The zero-order chi connectivity index (χ0) is 14.3. The molecule has 0 aliphatic carbocycles. The Labute approximate surface area is 116 Å². The van der Waals surface area contributed by atoms with Crippen LogP contribution in [0.2, 0.25) is 0 Å². The van der Waals surface area contributed by atoms with Crippen LogP contribution in [0.15, 0.2) is 12.3 Å². The molecule has 0 radical (unpaired) electrons. The lowest BCUT2D eigenvalue weighted by molar-refractivity contribution is 0.00578. The molecule has 1 aliphatic rings. The van der Waals surface area contributed by atoms with E-state index in [4.69, 9.17) is 9.31 Å². The first-order valence-corrected chi connectivity index (χ1v) is 6.83. The minimum atomic E-state index is -0.328. The van der Waals surface area contributed by atoms with E-state index in [9.17, 15) is 0 Å². The van der Waals surface area contributed by atoms with Crippen LogP contribution in [0.3, 0.4) is 0 Å². The van der Waals surface area contributed by atoms with E-state index in [1.807, 2.05) is 19.2 Å². The maximum absolute atomic E-state index is 6.09. The molecule has 1 aromatic heterocycles. The molecule has 19 heavy (non-hydrogen) atoms. The summed E-state index contributed by atoms with van der Waals surface area (Å²) in [6.07, 6.45) is 1.86.